The highest BCUT2D eigenvalue weighted by molar-refractivity contribution is 5.94. The van der Waals surface area contributed by atoms with E-state index in [1.54, 1.807) is 12.1 Å². The Morgan fingerprint density at radius 1 is 0.853 bits per heavy atom. The molecule has 0 bridgehead atoms. The summed E-state index contributed by atoms with van der Waals surface area (Å²) in [5.74, 6) is -3.13. The van der Waals surface area contributed by atoms with Gasteiger partial charge in [0.25, 0.3) is 0 Å². The lowest BCUT2D eigenvalue weighted by atomic mass is 9.95. The molecule has 0 aliphatic rings. The van der Waals surface area contributed by atoms with E-state index in [9.17, 15) is 29.4 Å². The number of hydrogen-bond donors (Lipinski definition) is 6. The van der Waals surface area contributed by atoms with E-state index < -0.39 is 47.9 Å². The van der Waals surface area contributed by atoms with Gasteiger partial charge < -0.3 is 31.9 Å². The molecule has 0 aliphatic heterocycles. The fourth-order valence-electron chi connectivity index (χ4n) is 3.20. The molecule has 6 atom stereocenters. The van der Waals surface area contributed by atoms with E-state index in [4.69, 9.17) is 5.73 Å². The molecule has 0 aromatic heterocycles. The van der Waals surface area contributed by atoms with Gasteiger partial charge >= 0.3 is 5.97 Å². The minimum Gasteiger partial charge on any atom is -0.508 e. The van der Waals surface area contributed by atoms with Crippen LogP contribution in [0.4, 0.5) is 0 Å². The molecule has 190 valence electrons. The number of nitrogens with two attached hydrogens (primary N) is 1. The molecule has 0 radical (unpaired) electrons. The first-order valence-corrected chi connectivity index (χ1v) is 11.6. The molecule has 34 heavy (non-hydrogen) atoms. The molecule has 10 nitrogen and oxygen atoms in total. The fraction of sp³-hybridized carbons (Fsp3) is 0.583. The Morgan fingerprint density at radius 3 is 1.91 bits per heavy atom. The van der Waals surface area contributed by atoms with E-state index in [1.807, 2.05) is 27.7 Å². The Morgan fingerprint density at radius 2 is 1.41 bits per heavy atom. The van der Waals surface area contributed by atoms with Gasteiger partial charge in [-0.15, -0.1) is 0 Å². The van der Waals surface area contributed by atoms with Crippen molar-refractivity contribution < 1.29 is 29.4 Å². The van der Waals surface area contributed by atoms with Crippen molar-refractivity contribution in [2.75, 3.05) is 0 Å². The number of benzene rings is 1. The summed E-state index contributed by atoms with van der Waals surface area (Å²) in [6.07, 6.45) is 1.31. The van der Waals surface area contributed by atoms with E-state index in [0.717, 1.165) is 0 Å². The van der Waals surface area contributed by atoms with E-state index in [0.29, 0.717) is 18.4 Å². The van der Waals surface area contributed by atoms with Crippen LogP contribution in [0.25, 0.3) is 0 Å². The van der Waals surface area contributed by atoms with Crippen molar-refractivity contribution in [3.63, 3.8) is 0 Å². The van der Waals surface area contributed by atoms with Crippen molar-refractivity contribution in [3.8, 4) is 5.75 Å². The highest BCUT2D eigenvalue weighted by Gasteiger charge is 2.31. The number of hydrogen-bond acceptors (Lipinski definition) is 6. The lowest BCUT2D eigenvalue weighted by Crippen LogP contribution is -2.58. The van der Waals surface area contributed by atoms with Gasteiger partial charge in [0.1, 0.15) is 23.9 Å². The van der Waals surface area contributed by atoms with Crippen LogP contribution in [0.5, 0.6) is 5.75 Å². The maximum absolute atomic E-state index is 12.9. The van der Waals surface area contributed by atoms with Crippen LogP contribution in [0.15, 0.2) is 24.3 Å². The van der Waals surface area contributed by atoms with Crippen molar-refractivity contribution in [1.29, 1.82) is 0 Å². The Bertz CT molecular complexity index is 844. The normalized spacial score (nSPS) is 16.3. The van der Waals surface area contributed by atoms with Gasteiger partial charge in [0.15, 0.2) is 0 Å². The minimum atomic E-state index is -1.23. The number of nitrogens with one attached hydrogen (secondary N) is 3. The summed E-state index contributed by atoms with van der Waals surface area (Å²) in [5, 5.41) is 26.6. The molecule has 6 unspecified atom stereocenters. The standard InChI is InChI=1S/C24H38N4O6/c1-6-13(3)19(25)22(31)28-20(14(4)7-2)23(32)26-15(5)21(30)27-18(24(33)34)12-16-8-10-17(29)11-9-16/h8-11,13-15,18-20,29H,6-7,12,25H2,1-5H3,(H,26,32)(H,27,30)(H,28,31)(H,33,34). The molecular weight excluding hydrogens is 440 g/mol. The number of carboxylic acids is 1. The van der Waals surface area contributed by atoms with Gasteiger partial charge in [-0.2, -0.15) is 0 Å². The Hall–Kier alpha value is -3.14. The number of phenols is 1. The van der Waals surface area contributed by atoms with Crippen LogP contribution in [-0.2, 0) is 25.6 Å². The average molecular weight is 479 g/mol. The van der Waals surface area contributed by atoms with Gasteiger partial charge in [0.2, 0.25) is 17.7 Å². The molecule has 1 aromatic carbocycles. The van der Waals surface area contributed by atoms with Crippen LogP contribution in [0, 0.1) is 11.8 Å². The van der Waals surface area contributed by atoms with Crippen molar-refractivity contribution in [1.82, 2.24) is 16.0 Å². The summed E-state index contributed by atoms with van der Waals surface area (Å²) in [6, 6.07) is 2.05. The second-order valence-electron chi connectivity index (χ2n) is 8.78. The van der Waals surface area contributed by atoms with Crippen LogP contribution in [0.3, 0.4) is 0 Å². The molecule has 1 aromatic rings. The second kappa shape index (κ2) is 13.5. The highest BCUT2D eigenvalue weighted by atomic mass is 16.4. The maximum atomic E-state index is 12.9. The molecule has 3 amide bonds. The number of amides is 3. The van der Waals surface area contributed by atoms with Gasteiger partial charge in [-0.25, -0.2) is 4.79 Å². The highest BCUT2D eigenvalue weighted by Crippen LogP contribution is 2.13. The maximum Gasteiger partial charge on any atom is 0.326 e. The molecule has 0 fully saturated rings. The lowest BCUT2D eigenvalue weighted by Gasteiger charge is -2.28. The van der Waals surface area contributed by atoms with Gasteiger partial charge in [-0.3, -0.25) is 14.4 Å². The summed E-state index contributed by atoms with van der Waals surface area (Å²) in [4.78, 5) is 49.7. The number of aliphatic carboxylic acids is 1. The van der Waals surface area contributed by atoms with Crippen LogP contribution in [0.1, 0.15) is 53.0 Å². The first kappa shape index (κ1) is 28.9. The molecule has 1 rings (SSSR count). The molecule has 0 spiro atoms. The Balaban J connectivity index is 2.83. The van der Waals surface area contributed by atoms with Crippen molar-refractivity contribution in [3.05, 3.63) is 29.8 Å². The first-order chi connectivity index (χ1) is 15.9. The first-order valence-electron chi connectivity index (χ1n) is 11.6. The molecule has 0 heterocycles. The summed E-state index contributed by atoms with van der Waals surface area (Å²) in [6.45, 7) is 8.90. The van der Waals surface area contributed by atoms with Crippen molar-refractivity contribution >= 4 is 23.7 Å². The number of carbonyl (C=O) groups is 4. The Labute approximate surface area is 200 Å². The summed E-state index contributed by atoms with van der Waals surface area (Å²) >= 11 is 0. The van der Waals surface area contributed by atoms with E-state index in [-0.39, 0.29) is 24.0 Å². The zero-order valence-corrected chi connectivity index (χ0v) is 20.5. The lowest BCUT2D eigenvalue weighted by molar-refractivity contribution is -0.142. The van der Waals surface area contributed by atoms with E-state index >= 15 is 0 Å². The summed E-state index contributed by atoms with van der Waals surface area (Å²) in [7, 11) is 0. The third-order valence-electron chi connectivity index (χ3n) is 6.10. The van der Waals surface area contributed by atoms with Gasteiger partial charge in [0, 0.05) is 6.42 Å². The van der Waals surface area contributed by atoms with Crippen molar-refractivity contribution in [2.45, 2.75) is 78.0 Å². The second-order valence-corrected chi connectivity index (χ2v) is 8.78. The van der Waals surface area contributed by atoms with Crippen LogP contribution in [-0.4, -0.2) is 58.1 Å². The molecule has 7 N–H and O–H groups in total. The van der Waals surface area contributed by atoms with E-state index in [2.05, 4.69) is 16.0 Å². The smallest absolute Gasteiger partial charge is 0.326 e. The average Bonchev–Trinajstić information content (AvgIpc) is 2.81. The monoisotopic (exact) mass is 478 g/mol. The third-order valence-corrected chi connectivity index (χ3v) is 6.10. The predicted molar refractivity (Wildman–Crippen MR) is 128 cm³/mol. The molecule has 0 saturated heterocycles. The quantitative estimate of drug-likeness (QED) is 0.245. The van der Waals surface area contributed by atoms with Gasteiger partial charge in [-0.05, 0) is 36.5 Å². The predicted octanol–water partition coefficient (Wildman–Crippen LogP) is 0.913. The number of rotatable bonds is 13. The van der Waals surface area contributed by atoms with Crippen LogP contribution in [0.2, 0.25) is 0 Å². The Kier molecular flexibility index (Phi) is 11.5. The van der Waals surface area contributed by atoms with Crippen LogP contribution < -0.4 is 21.7 Å². The SMILES string of the molecule is CCC(C)C(N)C(=O)NC(C(=O)NC(C)C(=O)NC(Cc1ccc(O)cc1)C(=O)O)C(C)CC. The molecular formula is C24H38N4O6. The van der Waals surface area contributed by atoms with Gasteiger partial charge in [0.05, 0.1) is 6.04 Å². The largest absolute Gasteiger partial charge is 0.508 e. The third kappa shape index (κ3) is 8.66. The van der Waals surface area contributed by atoms with Gasteiger partial charge in [-0.1, -0.05) is 52.7 Å². The van der Waals surface area contributed by atoms with E-state index in [1.165, 1.54) is 19.1 Å². The molecule has 0 saturated carbocycles. The number of carboxylic acid groups (broad SMARTS) is 1. The molecule has 0 aliphatic carbocycles. The minimum absolute atomic E-state index is 0.00106. The van der Waals surface area contributed by atoms with Crippen molar-refractivity contribution in [2.24, 2.45) is 17.6 Å². The summed E-state index contributed by atoms with van der Waals surface area (Å²) < 4.78 is 0. The number of phenolic OH excluding ortho intramolecular Hbond substituents is 1. The fourth-order valence-corrected chi connectivity index (χ4v) is 3.20. The number of carbonyl (C=O) groups excluding carboxylic acids is 3. The zero-order chi connectivity index (χ0) is 26.0. The van der Waals surface area contributed by atoms with Crippen LogP contribution >= 0.6 is 0 Å². The molecule has 10 heteroatoms. The summed E-state index contributed by atoms with van der Waals surface area (Å²) in [5.41, 5.74) is 6.60. The zero-order valence-electron chi connectivity index (χ0n) is 20.5. The number of aromatic hydroxyl groups is 1. The topological polar surface area (TPSA) is 171 Å².